The van der Waals surface area contributed by atoms with Crippen LogP contribution in [-0.4, -0.2) is 35.7 Å². The highest BCUT2D eigenvalue weighted by Crippen LogP contribution is 2.28. The number of aliphatic hydroxyl groups excluding tert-OH is 1. The van der Waals surface area contributed by atoms with Gasteiger partial charge in [-0.3, -0.25) is 0 Å². The van der Waals surface area contributed by atoms with Crippen LogP contribution in [0.25, 0.3) is 0 Å². The van der Waals surface area contributed by atoms with Gasteiger partial charge in [0, 0.05) is 35.4 Å². The zero-order valence-electron chi connectivity index (χ0n) is 11.3. The molecule has 4 nitrogen and oxygen atoms in total. The summed E-state index contributed by atoms with van der Waals surface area (Å²) in [5.41, 5.74) is 1.40. The molecular formula is C14H18Cl2N2O2. The van der Waals surface area contributed by atoms with Crippen molar-refractivity contribution < 1.29 is 9.90 Å². The van der Waals surface area contributed by atoms with Crippen molar-refractivity contribution in [2.45, 2.75) is 19.8 Å². The van der Waals surface area contributed by atoms with Crippen LogP contribution in [0.2, 0.25) is 10.0 Å². The molecule has 1 aliphatic rings. The summed E-state index contributed by atoms with van der Waals surface area (Å²) in [5.74, 6) is 0.308. The Morgan fingerprint density at radius 2 is 1.90 bits per heavy atom. The third kappa shape index (κ3) is 3.57. The van der Waals surface area contributed by atoms with Crippen LogP contribution in [-0.2, 0) is 0 Å². The van der Waals surface area contributed by atoms with E-state index in [0.29, 0.717) is 34.7 Å². The van der Waals surface area contributed by atoms with Crippen molar-refractivity contribution in [3.8, 4) is 0 Å². The molecule has 2 rings (SSSR count). The van der Waals surface area contributed by atoms with E-state index in [-0.39, 0.29) is 12.6 Å². The van der Waals surface area contributed by atoms with E-state index in [0.717, 1.165) is 18.4 Å². The van der Waals surface area contributed by atoms with Crippen LogP contribution in [0.1, 0.15) is 18.4 Å². The average Bonchev–Trinajstić information content (AvgIpc) is 2.44. The van der Waals surface area contributed by atoms with E-state index in [1.807, 2.05) is 6.92 Å². The van der Waals surface area contributed by atoms with Gasteiger partial charge in [0.2, 0.25) is 0 Å². The number of urea groups is 1. The molecule has 1 aliphatic heterocycles. The molecule has 110 valence electrons. The van der Waals surface area contributed by atoms with Crippen LogP contribution < -0.4 is 5.32 Å². The lowest BCUT2D eigenvalue weighted by Gasteiger charge is -2.31. The number of nitrogens with zero attached hydrogens (tertiary/aromatic N) is 1. The predicted octanol–water partition coefficient (Wildman–Crippen LogP) is 3.54. The Labute approximate surface area is 128 Å². The van der Waals surface area contributed by atoms with Crippen LogP contribution in [0.3, 0.4) is 0 Å². The number of piperidine rings is 1. The van der Waals surface area contributed by atoms with Crippen molar-refractivity contribution in [3.63, 3.8) is 0 Å². The summed E-state index contributed by atoms with van der Waals surface area (Å²) in [6, 6.07) is 3.24. The molecule has 20 heavy (non-hydrogen) atoms. The minimum Gasteiger partial charge on any atom is -0.396 e. The Bertz CT molecular complexity index is 477. The highest BCUT2D eigenvalue weighted by Gasteiger charge is 2.22. The molecule has 0 aliphatic carbocycles. The molecule has 0 saturated carbocycles. The lowest BCUT2D eigenvalue weighted by Crippen LogP contribution is -2.41. The first-order valence-corrected chi connectivity index (χ1v) is 7.39. The number of halogens is 2. The number of likely N-dealkylation sites (tertiary alicyclic amines) is 1. The van der Waals surface area contributed by atoms with Crippen LogP contribution in [0, 0.1) is 12.8 Å². The molecule has 1 fully saturated rings. The Balaban J connectivity index is 1.98. The van der Waals surface area contributed by atoms with E-state index in [2.05, 4.69) is 5.32 Å². The molecule has 0 radical (unpaired) electrons. The van der Waals surface area contributed by atoms with Crippen molar-refractivity contribution in [2.75, 3.05) is 25.0 Å². The topological polar surface area (TPSA) is 52.6 Å². The van der Waals surface area contributed by atoms with E-state index < -0.39 is 0 Å². The average molecular weight is 317 g/mol. The van der Waals surface area contributed by atoms with Gasteiger partial charge >= 0.3 is 6.03 Å². The number of aliphatic hydroxyl groups is 1. The van der Waals surface area contributed by atoms with E-state index >= 15 is 0 Å². The van der Waals surface area contributed by atoms with E-state index in [4.69, 9.17) is 28.3 Å². The second-order valence-corrected chi connectivity index (χ2v) is 5.92. The summed E-state index contributed by atoms with van der Waals surface area (Å²) in [6.07, 6.45) is 1.67. The number of carbonyl (C=O) groups excluding carboxylic acids is 1. The third-order valence-electron chi connectivity index (χ3n) is 3.69. The van der Waals surface area contributed by atoms with Crippen molar-refractivity contribution in [2.24, 2.45) is 5.92 Å². The Hall–Kier alpha value is -0.970. The molecule has 1 aromatic rings. The molecule has 6 heteroatoms. The molecular weight excluding hydrogens is 299 g/mol. The second-order valence-electron chi connectivity index (χ2n) is 5.11. The number of hydrogen-bond donors (Lipinski definition) is 2. The number of anilines is 1. The number of nitrogens with one attached hydrogen (secondary N) is 1. The van der Waals surface area contributed by atoms with E-state index in [1.54, 1.807) is 17.0 Å². The number of carbonyl (C=O) groups is 1. The van der Waals surface area contributed by atoms with Crippen LogP contribution in [0.4, 0.5) is 10.5 Å². The van der Waals surface area contributed by atoms with Gasteiger partial charge in [-0.2, -0.15) is 0 Å². The largest absolute Gasteiger partial charge is 0.396 e. The summed E-state index contributed by atoms with van der Waals surface area (Å²) >= 11 is 12.1. The molecule has 2 amide bonds. The maximum absolute atomic E-state index is 12.1. The lowest BCUT2D eigenvalue weighted by atomic mass is 9.98. The lowest BCUT2D eigenvalue weighted by molar-refractivity contribution is 0.143. The fourth-order valence-electron chi connectivity index (χ4n) is 2.24. The molecule has 0 bridgehead atoms. The maximum Gasteiger partial charge on any atom is 0.321 e. The first kappa shape index (κ1) is 15.4. The first-order chi connectivity index (χ1) is 9.51. The second kappa shape index (κ2) is 6.66. The third-order valence-corrected chi connectivity index (χ3v) is 4.48. The normalized spacial score (nSPS) is 16.3. The Morgan fingerprint density at radius 1 is 1.35 bits per heavy atom. The van der Waals surface area contributed by atoms with Gasteiger partial charge in [0.25, 0.3) is 0 Å². The Kier molecular flexibility index (Phi) is 5.13. The minimum atomic E-state index is -0.155. The monoisotopic (exact) mass is 316 g/mol. The standard InChI is InChI=1S/C14H18Cl2N2O2/c1-9-12(15)6-11(7-13(9)16)17-14(20)18-4-2-10(8-19)3-5-18/h6-7,10,19H,2-5,8H2,1H3,(H,17,20). The van der Waals surface area contributed by atoms with Gasteiger partial charge in [-0.1, -0.05) is 23.2 Å². The van der Waals surface area contributed by atoms with Gasteiger partial charge in [-0.25, -0.2) is 4.79 Å². The van der Waals surface area contributed by atoms with Gasteiger partial charge in [0.15, 0.2) is 0 Å². The predicted molar refractivity (Wildman–Crippen MR) is 81.6 cm³/mol. The fourth-order valence-corrected chi connectivity index (χ4v) is 2.73. The molecule has 1 aromatic carbocycles. The quantitative estimate of drug-likeness (QED) is 0.876. The van der Waals surface area contributed by atoms with Gasteiger partial charge in [0.1, 0.15) is 0 Å². The maximum atomic E-state index is 12.1. The van der Waals surface area contributed by atoms with Gasteiger partial charge in [-0.05, 0) is 43.4 Å². The summed E-state index contributed by atoms with van der Waals surface area (Å²) in [5, 5.41) is 13.0. The molecule has 0 atom stereocenters. The van der Waals surface area contributed by atoms with Crippen molar-refractivity contribution in [1.29, 1.82) is 0 Å². The summed E-state index contributed by atoms with van der Waals surface area (Å²) < 4.78 is 0. The highest BCUT2D eigenvalue weighted by molar-refractivity contribution is 6.36. The Morgan fingerprint density at radius 3 is 2.40 bits per heavy atom. The van der Waals surface area contributed by atoms with E-state index in [9.17, 15) is 4.79 Å². The molecule has 2 N–H and O–H groups in total. The zero-order chi connectivity index (χ0) is 14.7. The van der Waals surface area contributed by atoms with Crippen LogP contribution >= 0.6 is 23.2 Å². The number of benzene rings is 1. The van der Waals surface area contributed by atoms with Gasteiger partial charge in [0.05, 0.1) is 0 Å². The summed E-state index contributed by atoms with van der Waals surface area (Å²) in [4.78, 5) is 13.9. The molecule has 0 aromatic heterocycles. The van der Waals surface area contributed by atoms with Crippen molar-refractivity contribution in [3.05, 3.63) is 27.7 Å². The highest BCUT2D eigenvalue weighted by atomic mass is 35.5. The summed E-state index contributed by atoms with van der Waals surface area (Å²) in [7, 11) is 0. The molecule has 0 spiro atoms. The molecule has 1 heterocycles. The SMILES string of the molecule is Cc1c(Cl)cc(NC(=O)N2CCC(CO)CC2)cc1Cl. The van der Waals surface area contributed by atoms with E-state index in [1.165, 1.54) is 0 Å². The number of rotatable bonds is 2. The van der Waals surface area contributed by atoms with Crippen molar-refractivity contribution >= 4 is 34.9 Å². The van der Waals surface area contributed by atoms with Gasteiger partial charge < -0.3 is 15.3 Å². The minimum absolute atomic E-state index is 0.155. The number of amides is 2. The molecule has 0 unspecified atom stereocenters. The fraction of sp³-hybridized carbons (Fsp3) is 0.500. The van der Waals surface area contributed by atoms with Gasteiger partial charge in [-0.15, -0.1) is 0 Å². The summed E-state index contributed by atoms with van der Waals surface area (Å²) in [6.45, 7) is 3.34. The van der Waals surface area contributed by atoms with Crippen LogP contribution in [0.15, 0.2) is 12.1 Å². The number of hydrogen-bond acceptors (Lipinski definition) is 2. The van der Waals surface area contributed by atoms with Crippen LogP contribution in [0.5, 0.6) is 0 Å². The zero-order valence-corrected chi connectivity index (χ0v) is 12.8. The first-order valence-electron chi connectivity index (χ1n) is 6.63. The van der Waals surface area contributed by atoms with Crippen molar-refractivity contribution in [1.82, 2.24) is 4.90 Å². The molecule has 1 saturated heterocycles. The smallest absolute Gasteiger partial charge is 0.321 e.